The molecule has 0 aliphatic heterocycles. The van der Waals surface area contributed by atoms with Crippen LogP contribution in [0.2, 0.25) is 0 Å². The Kier molecular flexibility index (Phi) is 43.5. The highest BCUT2D eigenvalue weighted by atomic mass is 16.5. The van der Waals surface area contributed by atoms with E-state index in [2.05, 4.69) is 25.7 Å². The lowest BCUT2D eigenvalue weighted by atomic mass is 10.0. The number of ether oxygens (including phenoxy) is 3. The van der Waals surface area contributed by atoms with Gasteiger partial charge < -0.3 is 19.1 Å². The van der Waals surface area contributed by atoms with Gasteiger partial charge in [0.15, 0.2) is 5.78 Å². The molecule has 0 aromatic heterocycles. The number of ketones is 1. The van der Waals surface area contributed by atoms with Gasteiger partial charge in [0.1, 0.15) is 6.10 Å². The first kappa shape index (κ1) is 56.3. The minimum Gasteiger partial charge on any atom is -0.466 e. The lowest BCUT2D eigenvalue weighted by Gasteiger charge is -2.22. The molecule has 0 aliphatic rings. The van der Waals surface area contributed by atoms with E-state index in [1.54, 1.807) is 13.2 Å². The monoisotopic (exact) mass is 820 g/mol. The summed E-state index contributed by atoms with van der Waals surface area (Å²) in [6, 6.07) is 0. The third-order valence-electron chi connectivity index (χ3n) is 11.5. The minimum atomic E-state index is -0.0369. The van der Waals surface area contributed by atoms with E-state index in [4.69, 9.17) is 14.2 Å². The smallest absolute Gasteiger partial charge is 0.306 e. The van der Waals surface area contributed by atoms with Gasteiger partial charge in [0, 0.05) is 26.4 Å². The van der Waals surface area contributed by atoms with E-state index in [1.807, 2.05) is 6.92 Å². The summed E-state index contributed by atoms with van der Waals surface area (Å²) < 4.78 is 16.7. The summed E-state index contributed by atoms with van der Waals surface area (Å²) in [5.41, 5.74) is 0.972. The van der Waals surface area contributed by atoms with Crippen LogP contribution in [0.3, 0.4) is 0 Å². The second kappa shape index (κ2) is 44.8. The molecule has 0 aliphatic carbocycles. The van der Waals surface area contributed by atoms with Crippen molar-refractivity contribution >= 4 is 17.7 Å². The van der Waals surface area contributed by atoms with Crippen LogP contribution < -0.4 is 0 Å². The van der Waals surface area contributed by atoms with Crippen LogP contribution >= 0.6 is 0 Å². The van der Waals surface area contributed by atoms with Crippen LogP contribution in [-0.4, -0.2) is 68.7 Å². The molecular formula is C51H97NO6. The maximum Gasteiger partial charge on any atom is 0.306 e. The van der Waals surface area contributed by atoms with Gasteiger partial charge in [-0.3, -0.25) is 14.4 Å². The number of carbonyl (C=O) groups excluding carboxylic acids is 3. The van der Waals surface area contributed by atoms with Gasteiger partial charge in [-0.05, 0) is 102 Å². The molecule has 58 heavy (non-hydrogen) atoms. The molecule has 0 aromatic rings. The van der Waals surface area contributed by atoms with Gasteiger partial charge in [-0.15, -0.1) is 0 Å². The molecule has 0 spiro atoms. The Morgan fingerprint density at radius 2 is 0.897 bits per heavy atom. The van der Waals surface area contributed by atoms with Crippen LogP contribution in [0.15, 0.2) is 11.6 Å². The third kappa shape index (κ3) is 41.0. The fourth-order valence-corrected chi connectivity index (χ4v) is 7.83. The zero-order valence-electron chi connectivity index (χ0n) is 39.3. The standard InChI is InChI=1S/C51H97NO6/c1-6-9-12-15-18-27-34-44-57-50(54)39-30-23-19-25-32-41-52(43-35-36-48(53)45-47(4)46-56-5)42-33-26-20-24-31-40-51(55)58-49(37-28-21-16-13-10-7-2)38-29-22-17-14-11-8-3/h45,49H,6-44,46H2,1-5H3/b47-45+. The van der Waals surface area contributed by atoms with Crippen molar-refractivity contribution in [2.45, 2.75) is 259 Å². The summed E-state index contributed by atoms with van der Waals surface area (Å²) in [4.78, 5) is 40.0. The summed E-state index contributed by atoms with van der Waals surface area (Å²) in [7, 11) is 1.66. The SMILES string of the molecule is CCCCCCCCCOC(=O)CCCCCCCN(CCCCCCCC(=O)OC(CCCCCCCC)CCCCCCCC)CCCC(=O)/C=C(\C)COC. The Balaban J connectivity index is 4.49. The van der Waals surface area contributed by atoms with Gasteiger partial charge in [-0.1, -0.05) is 162 Å². The van der Waals surface area contributed by atoms with Crippen LogP contribution in [0, 0.1) is 0 Å². The van der Waals surface area contributed by atoms with Crippen molar-refractivity contribution < 1.29 is 28.6 Å². The molecule has 7 nitrogen and oxygen atoms in total. The number of allylic oxidation sites excluding steroid dienone is 1. The molecule has 0 N–H and O–H groups in total. The number of unbranched alkanes of at least 4 members (excludes halogenated alkanes) is 24. The first-order chi connectivity index (χ1) is 28.4. The summed E-state index contributed by atoms with van der Waals surface area (Å²) in [6.07, 6.45) is 41.2. The highest BCUT2D eigenvalue weighted by Gasteiger charge is 2.15. The van der Waals surface area contributed by atoms with E-state index in [1.165, 1.54) is 109 Å². The van der Waals surface area contributed by atoms with Gasteiger partial charge in [0.25, 0.3) is 0 Å². The fourth-order valence-electron chi connectivity index (χ4n) is 7.83. The molecule has 342 valence electrons. The van der Waals surface area contributed by atoms with Crippen molar-refractivity contribution in [2.24, 2.45) is 0 Å². The number of rotatable bonds is 46. The Hall–Kier alpha value is -1.73. The number of hydrogen-bond donors (Lipinski definition) is 0. The second-order valence-corrected chi connectivity index (χ2v) is 17.4. The molecule has 0 unspecified atom stereocenters. The second-order valence-electron chi connectivity index (χ2n) is 17.4. The first-order valence-electron chi connectivity index (χ1n) is 25.1. The maximum atomic E-state index is 12.8. The predicted molar refractivity (Wildman–Crippen MR) is 247 cm³/mol. The van der Waals surface area contributed by atoms with E-state index in [9.17, 15) is 14.4 Å². The zero-order valence-corrected chi connectivity index (χ0v) is 39.3. The third-order valence-corrected chi connectivity index (χ3v) is 11.5. The van der Waals surface area contributed by atoms with E-state index in [0.29, 0.717) is 32.5 Å². The van der Waals surface area contributed by atoms with Crippen LogP contribution in [0.5, 0.6) is 0 Å². The average Bonchev–Trinajstić information content (AvgIpc) is 3.20. The average molecular weight is 820 g/mol. The molecule has 0 heterocycles. The fraction of sp³-hybridized carbons (Fsp3) is 0.902. The van der Waals surface area contributed by atoms with Gasteiger partial charge in [0.2, 0.25) is 0 Å². The van der Waals surface area contributed by atoms with Crippen molar-refractivity contribution in [2.75, 3.05) is 40.0 Å². The van der Waals surface area contributed by atoms with Crippen LogP contribution in [0.25, 0.3) is 0 Å². The van der Waals surface area contributed by atoms with Crippen molar-refractivity contribution in [1.29, 1.82) is 0 Å². The van der Waals surface area contributed by atoms with Gasteiger partial charge >= 0.3 is 11.9 Å². The summed E-state index contributed by atoms with van der Waals surface area (Å²) in [5, 5.41) is 0. The molecule has 0 radical (unpaired) electrons. The number of methoxy groups -OCH3 is 1. The Morgan fingerprint density at radius 1 is 0.483 bits per heavy atom. The highest BCUT2D eigenvalue weighted by Crippen LogP contribution is 2.19. The molecule has 0 saturated carbocycles. The molecular weight excluding hydrogens is 723 g/mol. The van der Waals surface area contributed by atoms with Crippen molar-refractivity contribution in [3.63, 3.8) is 0 Å². The van der Waals surface area contributed by atoms with Crippen LogP contribution in [-0.2, 0) is 28.6 Å². The van der Waals surface area contributed by atoms with Crippen molar-refractivity contribution in [3.05, 3.63) is 11.6 Å². The lowest BCUT2D eigenvalue weighted by molar-refractivity contribution is -0.150. The summed E-state index contributed by atoms with van der Waals surface area (Å²) in [6.45, 7) is 12.8. The van der Waals surface area contributed by atoms with Gasteiger partial charge in [-0.25, -0.2) is 0 Å². The number of esters is 2. The van der Waals surface area contributed by atoms with Crippen LogP contribution in [0.4, 0.5) is 0 Å². The van der Waals surface area contributed by atoms with Crippen molar-refractivity contribution in [3.8, 4) is 0 Å². The van der Waals surface area contributed by atoms with E-state index in [0.717, 1.165) is 122 Å². The zero-order chi connectivity index (χ0) is 42.6. The summed E-state index contributed by atoms with van der Waals surface area (Å²) in [5.74, 6) is 0.156. The van der Waals surface area contributed by atoms with Gasteiger partial charge in [0.05, 0.1) is 13.2 Å². The number of nitrogens with zero attached hydrogens (tertiary/aromatic N) is 1. The molecule has 0 fully saturated rings. The quantitative estimate of drug-likeness (QED) is 0.0344. The van der Waals surface area contributed by atoms with Crippen molar-refractivity contribution in [1.82, 2.24) is 4.90 Å². The number of carbonyl (C=O) groups is 3. The summed E-state index contributed by atoms with van der Waals surface area (Å²) >= 11 is 0. The van der Waals surface area contributed by atoms with Crippen LogP contribution in [0.1, 0.15) is 252 Å². The van der Waals surface area contributed by atoms with E-state index >= 15 is 0 Å². The molecule has 0 saturated heterocycles. The normalized spacial score (nSPS) is 11.9. The Morgan fingerprint density at radius 3 is 1.40 bits per heavy atom. The maximum absolute atomic E-state index is 12.8. The minimum absolute atomic E-state index is 0.00804. The van der Waals surface area contributed by atoms with E-state index in [-0.39, 0.29) is 23.8 Å². The Bertz CT molecular complexity index is 935. The molecule has 0 rings (SSSR count). The number of hydrogen-bond acceptors (Lipinski definition) is 7. The Labute approximate surface area is 360 Å². The first-order valence-corrected chi connectivity index (χ1v) is 25.1. The largest absolute Gasteiger partial charge is 0.466 e. The molecule has 7 heteroatoms. The lowest BCUT2D eigenvalue weighted by Crippen LogP contribution is -2.27. The molecule has 0 aromatic carbocycles. The molecule has 0 bridgehead atoms. The van der Waals surface area contributed by atoms with E-state index < -0.39 is 0 Å². The topological polar surface area (TPSA) is 82.1 Å². The molecule has 0 amide bonds. The van der Waals surface area contributed by atoms with Gasteiger partial charge in [-0.2, -0.15) is 0 Å². The highest BCUT2D eigenvalue weighted by molar-refractivity contribution is 5.90. The predicted octanol–water partition coefficient (Wildman–Crippen LogP) is 14.6. The molecule has 0 atom stereocenters.